The number of aryl methyl sites for hydroxylation is 1. The Balaban J connectivity index is 1.90. The van der Waals surface area contributed by atoms with Crippen molar-refractivity contribution in [3.63, 3.8) is 0 Å². The van der Waals surface area contributed by atoms with E-state index in [9.17, 15) is 8.42 Å². The highest BCUT2D eigenvalue weighted by Crippen LogP contribution is 2.43. The predicted molar refractivity (Wildman–Crippen MR) is 105 cm³/mol. The minimum absolute atomic E-state index is 0.321. The van der Waals surface area contributed by atoms with Crippen molar-refractivity contribution in [1.82, 2.24) is 10.6 Å². The summed E-state index contributed by atoms with van der Waals surface area (Å²) in [5, 5.41) is 6.74. The van der Waals surface area contributed by atoms with Crippen LogP contribution in [0.5, 0.6) is 0 Å². The van der Waals surface area contributed by atoms with Crippen LogP contribution in [0.3, 0.4) is 0 Å². The molecule has 0 radical (unpaired) electrons. The fourth-order valence-corrected chi connectivity index (χ4v) is 4.38. The second-order valence-electron chi connectivity index (χ2n) is 7.25. The molecule has 26 heavy (non-hydrogen) atoms. The van der Waals surface area contributed by atoms with E-state index in [1.165, 1.54) is 25.5 Å². The number of nitrogens with zero attached hydrogens (tertiary/aromatic N) is 1. The van der Waals surface area contributed by atoms with E-state index in [4.69, 9.17) is 4.74 Å². The highest BCUT2D eigenvalue weighted by atomic mass is 32.2. The SMILES string of the molecule is CN=C(NCc1ccc(S(C)(=O)=O)c(C)c1)NCC1(CCOC)CCC1. The van der Waals surface area contributed by atoms with Crippen LogP contribution >= 0.6 is 0 Å². The monoisotopic (exact) mass is 381 g/mol. The van der Waals surface area contributed by atoms with Crippen LogP contribution in [0.1, 0.15) is 36.8 Å². The van der Waals surface area contributed by atoms with Gasteiger partial charge in [0, 0.05) is 40.1 Å². The molecule has 0 amide bonds. The fourth-order valence-electron chi connectivity index (χ4n) is 3.43. The molecular formula is C19H31N3O3S. The lowest BCUT2D eigenvalue weighted by molar-refractivity contribution is 0.0732. The molecule has 0 atom stereocenters. The topological polar surface area (TPSA) is 79.8 Å². The van der Waals surface area contributed by atoms with Gasteiger partial charge in [-0.15, -0.1) is 0 Å². The Morgan fingerprint density at radius 1 is 1.31 bits per heavy atom. The van der Waals surface area contributed by atoms with Gasteiger partial charge in [-0.2, -0.15) is 0 Å². The third-order valence-electron chi connectivity index (χ3n) is 5.20. The van der Waals surface area contributed by atoms with Crippen LogP contribution in [0.2, 0.25) is 0 Å². The minimum Gasteiger partial charge on any atom is -0.385 e. The Labute approximate surface area is 157 Å². The van der Waals surface area contributed by atoms with Gasteiger partial charge in [-0.05, 0) is 48.8 Å². The Morgan fingerprint density at radius 2 is 2.04 bits per heavy atom. The Kier molecular flexibility index (Phi) is 7.06. The number of rotatable bonds is 8. The summed E-state index contributed by atoms with van der Waals surface area (Å²) in [4.78, 5) is 4.67. The predicted octanol–water partition coefficient (Wildman–Crippen LogP) is 2.27. The summed E-state index contributed by atoms with van der Waals surface area (Å²) in [5.74, 6) is 0.763. The number of sulfone groups is 1. The normalized spacial score (nSPS) is 16.8. The van der Waals surface area contributed by atoms with Gasteiger partial charge in [-0.1, -0.05) is 18.6 Å². The third kappa shape index (κ3) is 5.45. The van der Waals surface area contributed by atoms with Gasteiger partial charge in [0.15, 0.2) is 15.8 Å². The van der Waals surface area contributed by atoms with Gasteiger partial charge in [0.1, 0.15) is 0 Å². The van der Waals surface area contributed by atoms with E-state index in [-0.39, 0.29) is 0 Å². The highest BCUT2D eigenvalue weighted by Gasteiger charge is 2.36. The first-order chi connectivity index (χ1) is 12.3. The zero-order valence-electron chi connectivity index (χ0n) is 16.3. The Bertz CT molecular complexity index is 740. The summed E-state index contributed by atoms with van der Waals surface area (Å²) in [6, 6.07) is 5.42. The second kappa shape index (κ2) is 8.86. The van der Waals surface area contributed by atoms with Crippen LogP contribution in [-0.4, -0.2) is 47.9 Å². The summed E-state index contributed by atoms with van der Waals surface area (Å²) in [6.45, 7) is 4.10. The molecule has 1 aromatic rings. The first-order valence-electron chi connectivity index (χ1n) is 9.03. The molecule has 2 rings (SSSR count). The van der Waals surface area contributed by atoms with Crippen LogP contribution in [0, 0.1) is 12.3 Å². The molecule has 0 saturated heterocycles. The molecule has 0 heterocycles. The third-order valence-corrected chi connectivity index (χ3v) is 6.46. The molecule has 7 heteroatoms. The summed E-state index contributed by atoms with van der Waals surface area (Å²) in [5.41, 5.74) is 2.11. The maximum Gasteiger partial charge on any atom is 0.191 e. The van der Waals surface area contributed by atoms with Crippen LogP contribution in [0.25, 0.3) is 0 Å². The van der Waals surface area contributed by atoms with Crippen molar-refractivity contribution in [1.29, 1.82) is 0 Å². The molecule has 0 unspecified atom stereocenters. The minimum atomic E-state index is -3.18. The van der Waals surface area contributed by atoms with Crippen LogP contribution in [0.15, 0.2) is 28.1 Å². The smallest absolute Gasteiger partial charge is 0.191 e. The molecule has 0 bridgehead atoms. The first kappa shape index (κ1) is 20.7. The largest absolute Gasteiger partial charge is 0.385 e. The number of benzene rings is 1. The van der Waals surface area contributed by atoms with Gasteiger partial charge in [0.05, 0.1) is 4.90 Å². The second-order valence-corrected chi connectivity index (χ2v) is 9.23. The summed E-state index contributed by atoms with van der Waals surface area (Å²) >= 11 is 0. The Hall–Kier alpha value is -1.60. The average molecular weight is 382 g/mol. The van der Waals surface area contributed by atoms with Gasteiger partial charge in [-0.25, -0.2) is 8.42 Å². The zero-order chi connectivity index (χ0) is 19.2. The van der Waals surface area contributed by atoms with Gasteiger partial charge in [-0.3, -0.25) is 4.99 Å². The van der Waals surface area contributed by atoms with E-state index in [0.717, 1.165) is 36.7 Å². The summed E-state index contributed by atoms with van der Waals surface area (Å²) in [7, 11) is 0.325. The van der Waals surface area contributed by atoms with Gasteiger partial charge >= 0.3 is 0 Å². The molecule has 1 aliphatic rings. The van der Waals surface area contributed by atoms with E-state index < -0.39 is 9.84 Å². The van der Waals surface area contributed by atoms with Gasteiger partial charge < -0.3 is 15.4 Å². The van der Waals surface area contributed by atoms with E-state index in [1.54, 1.807) is 20.2 Å². The van der Waals surface area contributed by atoms with Crippen molar-refractivity contribution in [3.8, 4) is 0 Å². The fraction of sp³-hybridized carbons (Fsp3) is 0.632. The van der Waals surface area contributed by atoms with E-state index >= 15 is 0 Å². The number of methoxy groups -OCH3 is 1. The lowest BCUT2D eigenvalue weighted by atomic mass is 9.67. The number of guanidine groups is 1. The van der Waals surface area contributed by atoms with Gasteiger partial charge in [0.2, 0.25) is 0 Å². The quantitative estimate of drug-likeness (QED) is 0.533. The molecule has 0 aliphatic heterocycles. The summed E-state index contributed by atoms with van der Waals surface area (Å²) < 4.78 is 28.7. The molecule has 0 spiro atoms. The number of hydrogen-bond acceptors (Lipinski definition) is 4. The van der Waals surface area contributed by atoms with E-state index in [1.807, 2.05) is 19.1 Å². The Morgan fingerprint density at radius 3 is 2.54 bits per heavy atom. The maximum atomic E-state index is 11.7. The van der Waals surface area contributed by atoms with Crippen LogP contribution in [0.4, 0.5) is 0 Å². The van der Waals surface area contributed by atoms with Crippen LogP contribution in [-0.2, 0) is 21.1 Å². The number of hydrogen-bond donors (Lipinski definition) is 2. The van der Waals surface area contributed by atoms with Gasteiger partial charge in [0.25, 0.3) is 0 Å². The van der Waals surface area contributed by atoms with Crippen molar-refractivity contribution >= 4 is 15.8 Å². The lowest BCUT2D eigenvalue weighted by Gasteiger charge is -2.42. The molecule has 1 saturated carbocycles. The molecule has 6 nitrogen and oxygen atoms in total. The van der Waals surface area contributed by atoms with E-state index in [0.29, 0.717) is 16.9 Å². The van der Waals surface area contributed by atoms with Crippen molar-refractivity contribution in [2.75, 3.05) is 33.6 Å². The lowest BCUT2D eigenvalue weighted by Crippen LogP contribution is -2.46. The molecule has 1 aliphatic carbocycles. The molecule has 1 aromatic carbocycles. The van der Waals surface area contributed by atoms with Crippen molar-refractivity contribution in [3.05, 3.63) is 29.3 Å². The standard InChI is InChI=1S/C19H31N3O3S/c1-15-12-16(6-7-17(15)26(4,23)24)13-21-18(20-2)22-14-19(8-5-9-19)10-11-25-3/h6-7,12H,5,8-11,13-14H2,1-4H3,(H2,20,21,22). The zero-order valence-corrected chi connectivity index (χ0v) is 17.1. The average Bonchev–Trinajstić information content (AvgIpc) is 2.55. The number of ether oxygens (including phenoxy) is 1. The highest BCUT2D eigenvalue weighted by molar-refractivity contribution is 7.90. The molecule has 0 aromatic heterocycles. The van der Waals surface area contributed by atoms with Crippen molar-refractivity contribution in [2.45, 2.75) is 44.0 Å². The van der Waals surface area contributed by atoms with Crippen molar-refractivity contribution < 1.29 is 13.2 Å². The molecule has 146 valence electrons. The first-order valence-corrected chi connectivity index (χ1v) is 10.9. The molecular weight excluding hydrogens is 350 g/mol. The molecule has 2 N–H and O–H groups in total. The number of nitrogens with one attached hydrogen (secondary N) is 2. The van der Waals surface area contributed by atoms with E-state index in [2.05, 4.69) is 15.6 Å². The van der Waals surface area contributed by atoms with Crippen LogP contribution < -0.4 is 10.6 Å². The summed E-state index contributed by atoms with van der Waals surface area (Å²) in [6.07, 6.45) is 6.04. The molecule has 1 fully saturated rings. The number of aliphatic imine (C=N–C) groups is 1. The maximum absolute atomic E-state index is 11.7. The van der Waals surface area contributed by atoms with Crippen molar-refractivity contribution in [2.24, 2.45) is 10.4 Å².